The van der Waals surface area contributed by atoms with E-state index >= 15 is 0 Å². The molecule has 1 aliphatic heterocycles. The predicted molar refractivity (Wildman–Crippen MR) is 120 cm³/mol. The molecular formula is C20H22IN3OS. The van der Waals surface area contributed by atoms with Crippen LogP contribution in [0.25, 0.3) is 0 Å². The normalized spacial score (nSPS) is 14.8. The number of rotatable bonds is 3. The van der Waals surface area contributed by atoms with E-state index in [4.69, 9.17) is 12.2 Å². The summed E-state index contributed by atoms with van der Waals surface area (Å²) in [6, 6.07) is 15.5. The second kappa shape index (κ2) is 8.81. The zero-order chi connectivity index (χ0) is 18.5. The van der Waals surface area contributed by atoms with Gasteiger partial charge in [0.05, 0.1) is 11.4 Å². The van der Waals surface area contributed by atoms with E-state index in [9.17, 15) is 4.79 Å². The highest BCUT2D eigenvalue weighted by Gasteiger charge is 2.18. The molecule has 0 spiro atoms. The lowest BCUT2D eigenvalue weighted by Gasteiger charge is -2.33. The highest BCUT2D eigenvalue weighted by molar-refractivity contribution is 14.1. The van der Waals surface area contributed by atoms with Gasteiger partial charge >= 0.3 is 0 Å². The maximum Gasteiger partial charge on any atom is 0.257 e. The average Bonchev–Trinajstić information content (AvgIpc) is 2.63. The summed E-state index contributed by atoms with van der Waals surface area (Å²) < 4.78 is 1.09. The summed E-state index contributed by atoms with van der Waals surface area (Å²) in [4.78, 5) is 14.7. The number of halogens is 1. The average molecular weight is 479 g/mol. The zero-order valence-corrected chi connectivity index (χ0v) is 17.6. The topological polar surface area (TPSA) is 44.4 Å². The van der Waals surface area contributed by atoms with E-state index in [2.05, 4.69) is 51.1 Å². The molecule has 1 heterocycles. The van der Waals surface area contributed by atoms with Gasteiger partial charge in [-0.3, -0.25) is 10.1 Å². The van der Waals surface area contributed by atoms with E-state index in [-0.39, 0.29) is 5.91 Å². The first-order chi connectivity index (χ1) is 12.5. The number of thiocarbonyl (C=S) groups is 1. The monoisotopic (exact) mass is 479 g/mol. The van der Waals surface area contributed by atoms with Crippen LogP contribution in [0.4, 0.5) is 11.4 Å². The van der Waals surface area contributed by atoms with E-state index < -0.39 is 0 Å². The van der Waals surface area contributed by atoms with Crippen molar-refractivity contribution >= 4 is 57.2 Å². The Hall–Kier alpha value is -1.67. The molecule has 0 bridgehead atoms. The first-order valence-corrected chi connectivity index (χ1v) is 10.2. The third-order valence-electron chi connectivity index (χ3n) is 4.61. The molecule has 6 heteroatoms. The van der Waals surface area contributed by atoms with Crippen LogP contribution in [0.5, 0.6) is 0 Å². The summed E-state index contributed by atoms with van der Waals surface area (Å²) in [5.41, 5.74) is 2.65. The molecule has 0 aliphatic carbocycles. The van der Waals surface area contributed by atoms with Crippen LogP contribution in [-0.2, 0) is 0 Å². The molecule has 0 saturated carbocycles. The van der Waals surface area contributed by atoms with Gasteiger partial charge in [0.25, 0.3) is 5.91 Å². The Labute approximate surface area is 173 Å². The van der Waals surface area contributed by atoms with Gasteiger partial charge in [-0.1, -0.05) is 19.1 Å². The fourth-order valence-corrected chi connectivity index (χ4v) is 3.60. The first kappa shape index (κ1) is 19.1. The van der Waals surface area contributed by atoms with Crippen molar-refractivity contribution in [2.45, 2.75) is 19.8 Å². The molecule has 0 atom stereocenters. The minimum Gasteiger partial charge on any atom is -0.370 e. The molecule has 136 valence electrons. The number of anilines is 2. The molecular weight excluding hydrogens is 457 g/mol. The van der Waals surface area contributed by atoms with Crippen LogP contribution in [0.2, 0.25) is 0 Å². The number of carbonyl (C=O) groups is 1. The second-order valence-corrected chi connectivity index (χ2v) is 8.26. The molecule has 4 nitrogen and oxygen atoms in total. The molecule has 1 aliphatic rings. The van der Waals surface area contributed by atoms with E-state index in [1.54, 1.807) is 12.1 Å². The number of benzene rings is 2. The van der Waals surface area contributed by atoms with Crippen LogP contribution in [0, 0.1) is 9.49 Å². The first-order valence-electron chi connectivity index (χ1n) is 8.75. The third-order valence-corrected chi connectivity index (χ3v) is 5.53. The van der Waals surface area contributed by atoms with E-state index in [1.807, 2.05) is 30.3 Å². The summed E-state index contributed by atoms with van der Waals surface area (Å²) in [6.45, 7) is 4.39. The Balaban J connectivity index is 1.66. The summed E-state index contributed by atoms with van der Waals surface area (Å²) in [6.07, 6.45) is 2.39. The third kappa shape index (κ3) is 4.94. The van der Waals surface area contributed by atoms with E-state index in [0.717, 1.165) is 34.0 Å². The quantitative estimate of drug-likeness (QED) is 0.497. The number of piperidine rings is 1. The molecule has 2 aromatic rings. The fraction of sp³-hybridized carbons (Fsp3) is 0.300. The number of carbonyl (C=O) groups excluding carboxylic acids is 1. The van der Waals surface area contributed by atoms with Gasteiger partial charge in [0, 0.05) is 22.2 Å². The Kier molecular flexibility index (Phi) is 6.48. The van der Waals surface area contributed by atoms with Crippen molar-refractivity contribution < 1.29 is 4.79 Å². The van der Waals surface area contributed by atoms with E-state index in [1.165, 1.54) is 12.8 Å². The van der Waals surface area contributed by atoms with Gasteiger partial charge in [-0.2, -0.15) is 0 Å². The van der Waals surface area contributed by atoms with Crippen LogP contribution in [0.15, 0.2) is 48.5 Å². The van der Waals surface area contributed by atoms with Gasteiger partial charge in [0.15, 0.2) is 5.11 Å². The summed E-state index contributed by atoms with van der Waals surface area (Å²) in [7, 11) is 0. The molecule has 3 rings (SSSR count). The maximum atomic E-state index is 12.3. The van der Waals surface area contributed by atoms with Crippen molar-refractivity contribution in [1.82, 2.24) is 5.32 Å². The number of hydrogen-bond acceptors (Lipinski definition) is 3. The number of amides is 1. The van der Waals surface area contributed by atoms with Gasteiger partial charge in [-0.05, 0) is 90.0 Å². The van der Waals surface area contributed by atoms with Gasteiger partial charge in [0.1, 0.15) is 0 Å². The fourth-order valence-electron chi connectivity index (χ4n) is 3.03. The van der Waals surface area contributed by atoms with Crippen molar-refractivity contribution in [2.75, 3.05) is 23.3 Å². The standard InChI is InChI=1S/C20H22IN3OS/c1-14-10-12-24(13-11-14)18-5-3-2-4-17(18)22-20(26)23-19(25)15-6-8-16(21)9-7-15/h2-9,14H,10-13H2,1H3,(H2,22,23,25,26). The molecule has 0 radical (unpaired) electrons. The number of para-hydroxylation sites is 2. The lowest BCUT2D eigenvalue weighted by molar-refractivity contribution is 0.0977. The molecule has 1 fully saturated rings. The van der Waals surface area contributed by atoms with Crippen LogP contribution >= 0.6 is 34.8 Å². The number of hydrogen-bond donors (Lipinski definition) is 2. The SMILES string of the molecule is CC1CCN(c2ccccc2NC(=S)NC(=O)c2ccc(I)cc2)CC1. The molecule has 0 unspecified atom stereocenters. The predicted octanol–water partition coefficient (Wildman–Crippen LogP) is 4.65. The molecule has 1 amide bonds. The molecule has 1 saturated heterocycles. The van der Waals surface area contributed by atoms with Crippen LogP contribution in [0.3, 0.4) is 0 Å². The van der Waals surface area contributed by atoms with Crippen LogP contribution < -0.4 is 15.5 Å². The minimum absolute atomic E-state index is 0.205. The van der Waals surface area contributed by atoms with Crippen molar-refractivity contribution in [3.8, 4) is 0 Å². The molecule has 26 heavy (non-hydrogen) atoms. The lowest BCUT2D eigenvalue weighted by atomic mass is 9.98. The maximum absolute atomic E-state index is 12.3. The van der Waals surface area contributed by atoms with Crippen LogP contribution in [0.1, 0.15) is 30.1 Å². The van der Waals surface area contributed by atoms with Gasteiger partial charge in [-0.25, -0.2) is 0 Å². The van der Waals surface area contributed by atoms with Gasteiger partial charge in [-0.15, -0.1) is 0 Å². The largest absolute Gasteiger partial charge is 0.370 e. The van der Waals surface area contributed by atoms with Gasteiger partial charge in [0.2, 0.25) is 0 Å². The Morgan fingerprint density at radius 1 is 1.12 bits per heavy atom. The van der Waals surface area contributed by atoms with Crippen LogP contribution in [-0.4, -0.2) is 24.1 Å². The molecule has 0 aromatic heterocycles. The Morgan fingerprint density at radius 2 is 1.77 bits per heavy atom. The van der Waals surface area contributed by atoms with Crippen molar-refractivity contribution in [2.24, 2.45) is 5.92 Å². The lowest BCUT2D eigenvalue weighted by Crippen LogP contribution is -2.36. The Bertz CT molecular complexity index is 786. The summed E-state index contributed by atoms with van der Waals surface area (Å²) >= 11 is 7.57. The second-order valence-electron chi connectivity index (χ2n) is 6.60. The van der Waals surface area contributed by atoms with E-state index in [0.29, 0.717) is 10.7 Å². The van der Waals surface area contributed by atoms with Gasteiger partial charge < -0.3 is 10.2 Å². The summed E-state index contributed by atoms with van der Waals surface area (Å²) in [5.74, 6) is 0.573. The molecule has 2 N–H and O–H groups in total. The molecule has 2 aromatic carbocycles. The highest BCUT2D eigenvalue weighted by atomic mass is 127. The van der Waals surface area contributed by atoms with Crippen molar-refractivity contribution in [3.05, 3.63) is 57.7 Å². The number of nitrogens with one attached hydrogen (secondary N) is 2. The smallest absolute Gasteiger partial charge is 0.257 e. The highest BCUT2D eigenvalue weighted by Crippen LogP contribution is 2.29. The summed E-state index contributed by atoms with van der Waals surface area (Å²) in [5, 5.41) is 6.26. The minimum atomic E-state index is -0.205. The number of nitrogens with zero attached hydrogens (tertiary/aromatic N) is 1. The van der Waals surface area contributed by atoms with Crippen molar-refractivity contribution in [3.63, 3.8) is 0 Å². The Morgan fingerprint density at radius 3 is 2.46 bits per heavy atom. The zero-order valence-electron chi connectivity index (χ0n) is 14.7. The van der Waals surface area contributed by atoms with Crippen molar-refractivity contribution in [1.29, 1.82) is 0 Å².